The number of ether oxygens (including phenoxy) is 1. The molecule has 0 unspecified atom stereocenters. The molecule has 0 amide bonds. The number of halogens is 3. The quantitative estimate of drug-likeness (QED) is 0.809. The van der Waals surface area contributed by atoms with Crippen molar-refractivity contribution in [1.82, 2.24) is 5.32 Å². The zero-order valence-corrected chi connectivity index (χ0v) is 8.84. The third-order valence-electron chi connectivity index (χ3n) is 2.44. The minimum Gasteiger partial charge on any atom is -0.482 e. The molecular formula is C9H10F3NOS. The van der Waals surface area contributed by atoms with Crippen LogP contribution in [-0.4, -0.2) is 19.7 Å². The molecule has 2 heterocycles. The molecule has 2 rings (SSSR count). The van der Waals surface area contributed by atoms with Gasteiger partial charge in [-0.25, -0.2) is 0 Å². The van der Waals surface area contributed by atoms with Crippen LogP contribution in [0.25, 0.3) is 0 Å². The molecule has 15 heavy (non-hydrogen) atoms. The Hall–Kier alpha value is -0.750. The SMILES string of the molecule is CN[C@H]1COc2scc(C(F)(F)F)c2C1. The lowest BCUT2D eigenvalue weighted by Gasteiger charge is -2.23. The molecule has 84 valence electrons. The van der Waals surface area contributed by atoms with Crippen molar-refractivity contribution >= 4 is 11.3 Å². The fourth-order valence-corrected chi connectivity index (χ4v) is 2.56. The van der Waals surface area contributed by atoms with Crippen LogP contribution in [0.4, 0.5) is 13.2 Å². The summed E-state index contributed by atoms with van der Waals surface area (Å²) in [4.78, 5) is 0. The van der Waals surface area contributed by atoms with Gasteiger partial charge in [-0.2, -0.15) is 13.2 Å². The molecule has 1 N–H and O–H groups in total. The minimum absolute atomic E-state index is 0.0341. The minimum atomic E-state index is -4.27. The second-order valence-electron chi connectivity index (χ2n) is 3.41. The van der Waals surface area contributed by atoms with Gasteiger partial charge < -0.3 is 10.1 Å². The second kappa shape index (κ2) is 3.68. The monoisotopic (exact) mass is 237 g/mol. The molecule has 1 atom stereocenters. The van der Waals surface area contributed by atoms with E-state index in [1.165, 1.54) is 0 Å². The van der Waals surface area contributed by atoms with Crippen LogP contribution >= 0.6 is 11.3 Å². The summed E-state index contributed by atoms with van der Waals surface area (Å²) < 4.78 is 43.0. The van der Waals surface area contributed by atoms with Gasteiger partial charge in [0.05, 0.1) is 5.56 Å². The molecule has 0 fully saturated rings. The zero-order chi connectivity index (χ0) is 11.1. The van der Waals surface area contributed by atoms with E-state index < -0.39 is 11.7 Å². The predicted molar refractivity (Wildman–Crippen MR) is 51.4 cm³/mol. The van der Waals surface area contributed by atoms with Crippen LogP contribution in [0, 0.1) is 0 Å². The van der Waals surface area contributed by atoms with Gasteiger partial charge in [0.25, 0.3) is 0 Å². The van der Waals surface area contributed by atoms with Crippen LogP contribution < -0.4 is 10.1 Å². The highest BCUT2D eigenvalue weighted by Crippen LogP contribution is 2.42. The van der Waals surface area contributed by atoms with Crippen LogP contribution in [0.2, 0.25) is 0 Å². The van der Waals surface area contributed by atoms with Crippen LogP contribution in [-0.2, 0) is 12.6 Å². The summed E-state index contributed by atoms with van der Waals surface area (Å²) in [6, 6.07) is -0.0341. The Kier molecular flexibility index (Phi) is 2.64. The molecule has 0 saturated carbocycles. The number of nitrogens with one attached hydrogen (secondary N) is 1. The molecule has 1 aliphatic heterocycles. The summed E-state index contributed by atoms with van der Waals surface area (Å²) in [6.07, 6.45) is -3.90. The summed E-state index contributed by atoms with van der Waals surface area (Å²) in [6.45, 7) is 0.432. The van der Waals surface area contributed by atoms with Crippen molar-refractivity contribution in [3.05, 3.63) is 16.5 Å². The van der Waals surface area contributed by atoms with E-state index in [4.69, 9.17) is 4.74 Å². The highest BCUT2D eigenvalue weighted by molar-refractivity contribution is 7.12. The van der Waals surface area contributed by atoms with E-state index in [-0.39, 0.29) is 11.6 Å². The number of rotatable bonds is 1. The van der Waals surface area contributed by atoms with Crippen LogP contribution in [0.3, 0.4) is 0 Å². The van der Waals surface area contributed by atoms with Gasteiger partial charge in [-0.1, -0.05) is 0 Å². The number of alkyl halides is 3. The molecule has 0 spiro atoms. The molecule has 6 heteroatoms. The van der Waals surface area contributed by atoms with Crippen LogP contribution in [0.1, 0.15) is 11.1 Å². The summed E-state index contributed by atoms with van der Waals surface area (Å²) in [5, 5.41) is 4.46. The second-order valence-corrected chi connectivity index (χ2v) is 4.26. The fourth-order valence-electron chi connectivity index (χ4n) is 1.58. The van der Waals surface area contributed by atoms with E-state index >= 15 is 0 Å². The van der Waals surface area contributed by atoms with E-state index in [1.54, 1.807) is 7.05 Å². The smallest absolute Gasteiger partial charge is 0.417 e. The molecular weight excluding hydrogens is 227 g/mol. The van der Waals surface area contributed by atoms with Gasteiger partial charge in [0, 0.05) is 17.0 Å². The number of thiophene rings is 1. The molecule has 1 aliphatic rings. The standard InChI is InChI=1S/C9H10F3NOS/c1-13-5-2-6-7(9(10,11)12)4-15-8(6)14-3-5/h4-5,13H,2-3H2,1H3/t5-/m1/s1. The Morgan fingerprint density at radius 1 is 1.53 bits per heavy atom. The third kappa shape index (κ3) is 1.96. The van der Waals surface area contributed by atoms with Crippen molar-refractivity contribution in [1.29, 1.82) is 0 Å². The summed E-state index contributed by atoms with van der Waals surface area (Å²) in [7, 11) is 1.72. The highest BCUT2D eigenvalue weighted by Gasteiger charge is 2.38. The molecule has 2 nitrogen and oxygen atoms in total. The maximum Gasteiger partial charge on any atom is 0.417 e. The number of likely N-dealkylation sites (N-methyl/N-ethyl adjacent to an activating group) is 1. The predicted octanol–water partition coefficient (Wildman–Crippen LogP) is 2.29. The van der Waals surface area contributed by atoms with Gasteiger partial charge in [0.15, 0.2) is 5.06 Å². The topological polar surface area (TPSA) is 21.3 Å². The largest absolute Gasteiger partial charge is 0.482 e. The first kappa shape index (κ1) is 10.8. The Labute approximate surface area is 89.1 Å². The van der Waals surface area contributed by atoms with E-state index in [0.717, 1.165) is 16.7 Å². The van der Waals surface area contributed by atoms with E-state index in [2.05, 4.69) is 5.32 Å². The van der Waals surface area contributed by atoms with Crippen LogP contribution in [0.15, 0.2) is 5.38 Å². The van der Waals surface area contributed by atoms with Gasteiger partial charge in [-0.3, -0.25) is 0 Å². The molecule has 1 aromatic heterocycles. The fraction of sp³-hybridized carbons (Fsp3) is 0.556. The maximum absolute atomic E-state index is 12.6. The molecule has 0 aromatic carbocycles. The molecule has 0 aliphatic carbocycles. The van der Waals surface area contributed by atoms with Crippen LogP contribution in [0.5, 0.6) is 5.06 Å². The summed E-state index contributed by atoms with van der Waals surface area (Å²) in [5.74, 6) is 0. The normalized spacial score (nSPS) is 20.9. The third-order valence-corrected chi connectivity index (χ3v) is 3.37. The maximum atomic E-state index is 12.6. The first-order valence-corrected chi connectivity index (χ1v) is 5.38. The van der Waals surface area contributed by atoms with Crippen molar-refractivity contribution in [2.24, 2.45) is 0 Å². The Morgan fingerprint density at radius 3 is 2.87 bits per heavy atom. The zero-order valence-electron chi connectivity index (χ0n) is 8.02. The van der Waals surface area contributed by atoms with Gasteiger partial charge >= 0.3 is 6.18 Å². The van der Waals surface area contributed by atoms with Crippen molar-refractivity contribution in [2.45, 2.75) is 18.6 Å². The Morgan fingerprint density at radius 2 is 2.27 bits per heavy atom. The van der Waals surface area contributed by atoms with Gasteiger partial charge in [-0.05, 0) is 13.5 Å². The van der Waals surface area contributed by atoms with Crippen molar-refractivity contribution < 1.29 is 17.9 Å². The first-order chi connectivity index (χ1) is 7.02. The van der Waals surface area contributed by atoms with E-state index in [9.17, 15) is 13.2 Å². The number of fused-ring (bicyclic) bond motifs is 1. The average molecular weight is 237 g/mol. The van der Waals surface area contributed by atoms with Crippen molar-refractivity contribution in [2.75, 3.05) is 13.7 Å². The Balaban J connectivity index is 2.34. The molecule has 0 radical (unpaired) electrons. The Bertz CT molecular complexity index is 361. The van der Waals surface area contributed by atoms with E-state index in [1.807, 2.05) is 0 Å². The lowest BCUT2D eigenvalue weighted by molar-refractivity contribution is -0.138. The highest BCUT2D eigenvalue weighted by atomic mass is 32.1. The lowest BCUT2D eigenvalue weighted by Crippen LogP contribution is -2.37. The number of hydrogen-bond acceptors (Lipinski definition) is 3. The van der Waals surface area contributed by atoms with E-state index in [0.29, 0.717) is 18.1 Å². The molecule has 0 bridgehead atoms. The van der Waals surface area contributed by atoms with Crippen molar-refractivity contribution in [3.8, 4) is 5.06 Å². The first-order valence-electron chi connectivity index (χ1n) is 4.50. The number of hydrogen-bond donors (Lipinski definition) is 1. The molecule has 0 saturated heterocycles. The summed E-state index contributed by atoms with van der Waals surface area (Å²) >= 11 is 1.02. The average Bonchev–Trinajstić information content (AvgIpc) is 2.59. The van der Waals surface area contributed by atoms with Gasteiger partial charge in [0.1, 0.15) is 6.61 Å². The summed E-state index contributed by atoms with van der Waals surface area (Å²) in [5.41, 5.74) is -0.263. The van der Waals surface area contributed by atoms with Gasteiger partial charge in [0.2, 0.25) is 0 Å². The molecule has 1 aromatic rings. The lowest BCUT2D eigenvalue weighted by atomic mass is 10.0. The van der Waals surface area contributed by atoms with Gasteiger partial charge in [-0.15, -0.1) is 11.3 Å². The van der Waals surface area contributed by atoms with Crippen molar-refractivity contribution in [3.63, 3.8) is 0 Å².